The second kappa shape index (κ2) is 9.17. The second-order valence-electron chi connectivity index (χ2n) is 8.56. The summed E-state index contributed by atoms with van der Waals surface area (Å²) >= 11 is 13.0. The third-order valence-corrected chi connectivity index (χ3v) is 6.77. The Kier molecular flexibility index (Phi) is 6.55. The van der Waals surface area contributed by atoms with Crippen LogP contribution in [0.2, 0.25) is 10.0 Å². The number of aryl methyl sites for hydroxylation is 2. The molecule has 0 atom stereocenters. The highest BCUT2D eigenvalue weighted by Crippen LogP contribution is 2.48. The molecule has 0 unspecified atom stereocenters. The first-order valence-electron chi connectivity index (χ1n) is 10.7. The van der Waals surface area contributed by atoms with Crippen molar-refractivity contribution in [2.24, 2.45) is 4.99 Å². The summed E-state index contributed by atoms with van der Waals surface area (Å²) in [5, 5.41) is 30.7. The molecule has 1 heterocycles. The molecule has 0 amide bonds. The lowest BCUT2D eigenvalue weighted by Crippen LogP contribution is -2.11. The van der Waals surface area contributed by atoms with Crippen molar-refractivity contribution in [1.82, 2.24) is 0 Å². The number of halogens is 2. The highest BCUT2D eigenvalue weighted by molar-refractivity contribution is 6.39. The predicted molar refractivity (Wildman–Crippen MR) is 138 cm³/mol. The third-order valence-electron chi connectivity index (χ3n) is 6.06. The number of carbonyl (C=O) groups is 1. The maximum Gasteiger partial charge on any atom is 0.337 e. The molecule has 0 radical (unpaired) electrons. The van der Waals surface area contributed by atoms with Crippen LogP contribution in [0.3, 0.4) is 0 Å². The van der Waals surface area contributed by atoms with E-state index >= 15 is 0 Å². The van der Waals surface area contributed by atoms with Gasteiger partial charge in [-0.15, -0.1) is 0 Å². The molecule has 7 nitrogen and oxygen atoms in total. The van der Waals surface area contributed by atoms with Gasteiger partial charge in [0.1, 0.15) is 11.3 Å². The van der Waals surface area contributed by atoms with E-state index in [2.05, 4.69) is 4.99 Å². The van der Waals surface area contributed by atoms with E-state index in [4.69, 9.17) is 27.6 Å². The topological polar surface area (TPSA) is 107 Å². The maximum atomic E-state index is 12.4. The van der Waals surface area contributed by atoms with Gasteiger partial charge in [0.25, 0.3) is 0 Å². The molecule has 1 aliphatic carbocycles. The first-order valence-corrected chi connectivity index (χ1v) is 11.5. The lowest BCUT2D eigenvalue weighted by Gasteiger charge is -2.22. The summed E-state index contributed by atoms with van der Waals surface area (Å²) < 4.78 is 6.29. The number of aromatic carboxylic acids is 1. The van der Waals surface area contributed by atoms with Crippen LogP contribution in [0.15, 0.2) is 39.7 Å². The van der Waals surface area contributed by atoms with Crippen LogP contribution in [-0.2, 0) is 0 Å². The van der Waals surface area contributed by atoms with E-state index in [1.807, 2.05) is 51.0 Å². The molecule has 3 N–H and O–H groups in total. The monoisotopic (exact) mass is 514 g/mol. The lowest BCUT2D eigenvalue weighted by atomic mass is 9.88. The zero-order valence-corrected chi connectivity index (χ0v) is 21.3. The molecule has 9 heteroatoms. The fourth-order valence-electron chi connectivity index (χ4n) is 4.45. The molecule has 2 aromatic carbocycles. The van der Waals surface area contributed by atoms with E-state index in [1.54, 1.807) is 13.1 Å². The number of anilines is 1. The number of carboxylic acid groups (broad SMARTS) is 1. The van der Waals surface area contributed by atoms with Gasteiger partial charge in [0.05, 0.1) is 15.9 Å². The van der Waals surface area contributed by atoms with Crippen molar-refractivity contribution in [3.63, 3.8) is 0 Å². The zero-order chi connectivity index (χ0) is 25.8. The first-order chi connectivity index (χ1) is 16.5. The summed E-state index contributed by atoms with van der Waals surface area (Å²) in [6, 6.07) is 8.75. The molecule has 182 valence electrons. The summed E-state index contributed by atoms with van der Waals surface area (Å²) in [4.78, 5) is 18.7. The van der Waals surface area contributed by atoms with Crippen LogP contribution in [0.4, 0.5) is 5.69 Å². The summed E-state index contributed by atoms with van der Waals surface area (Å²) in [6.07, 6.45) is -1.99. The standard InChI is InChI=1S/C26H24Cl2N2O5/c1-11-6-13-19(9-17(11)29-3)35-20-10-18(30(4)5)12(2)7-14(20)21(13)22-16(27)8-15(25(31)32)24(28)23(22)26(33)34/h6-10,25,31-32H,1-5H3,(H,33,34). The second-order valence-corrected chi connectivity index (χ2v) is 9.34. The number of nitrogens with zero attached hydrogens (tertiary/aromatic N) is 2. The number of hydrogen-bond donors (Lipinski definition) is 3. The van der Waals surface area contributed by atoms with Gasteiger partial charge in [-0.05, 0) is 43.2 Å². The van der Waals surface area contributed by atoms with Crippen molar-refractivity contribution in [1.29, 1.82) is 0 Å². The summed E-state index contributed by atoms with van der Waals surface area (Å²) in [6.45, 7) is 3.85. The Hall–Kier alpha value is -3.10. The molecule has 0 fully saturated rings. The van der Waals surface area contributed by atoms with E-state index in [0.717, 1.165) is 22.2 Å². The number of hydrogen-bond acceptors (Lipinski definition) is 6. The lowest BCUT2D eigenvalue weighted by molar-refractivity contribution is -0.0424. The van der Waals surface area contributed by atoms with E-state index < -0.39 is 12.3 Å². The molecule has 0 saturated carbocycles. The van der Waals surface area contributed by atoms with Gasteiger partial charge in [-0.1, -0.05) is 23.2 Å². The quantitative estimate of drug-likeness (QED) is 0.248. The molecule has 0 bridgehead atoms. The predicted octanol–water partition coefficient (Wildman–Crippen LogP) is 5.41. The van der Waals surface area contributed by atoms with Crippen molar-refractivity contribution >= 4 is 45.8 Å². The summed E-state index contributed by atoms with van der Waals surface area (Å²) in [5.41, 5.74) is 4.03. The Morgan fingerprint density at radius 2 is 1.71 bits per heavy atom. The number of aliphatic hydroxyl groups excluding tert-OH is 1. The van der Waals surface area contributed by atoms with Crippen LogP contribution in [0.25, 0.3) is 33.4 Å². The smallest absolute Gasteiger partial charge is 0.337 e. The fourth-order valence-corrected chi connectivity index (χ4v) is 5.08. The summed E-state index contributed by atoms with van der Waals surface area (Å²) in [5.74, 6) is -0.864. The largest absolute Gasteiger partial charge is 0.478 e. The minimum Gasteiger partial charge on any atom is -0.478 e. The number of carboxylic acids is 1. The van der Waals surface area contributed by atoms with Gasteiger partial charge in [-0.3, -0.25) is 4.99 Å². The van der Waals surface area contributed by atoms with Gasteiger partial charge >= 0.3 is 5.97 Å². The number of benzene rings is 3. The average Bonchev–Trinajstić information content (AvgIpc) is 2.77. The zero-order valence-electron chi connectivity index (χ0n) is 19.8. The van der Waals surface area contributed by atoms with Crippen LogP contribution in [0, 0.1) is 13.8 Å². The third kappa shape index (κ3) is 4.15. The van der Waals surface area contributed by atoms with Crippen LogP contribution < -0.4 is 10.3 Å². The molecule has 0 spiro atoms. The van der Waals surface area contributed by atoms with Gasteiger partial charge in [-0.2, -0.15) is 0 Å². The van der Waals surface area contributed by atoms with Gasteiger partial charge in [0.2, 0.25) is 0 Å². The Morgan fingerprint density at radius 1 is 1.03 bits per heavy atom. The van der Waals surface area contributed by atoms with Crippen molar-refractivity contribution < 1.29 is 24.5 Å². The van der Waals surface area contributed by atoms with Crippen LogP contribution in [-0.4, -0.2) is 42.4 Å². The van der Waals surface area contributed by atoms with Crippen molar-refractivity contribution in [2.75, 3.05) is 26.0 Å². The van der Waals surface area contributed by atoms with Gasteiger partial charge in [0.15, 0.2) is 6.29 Å². The average molecular weight is 515 g/mol. The van der Waals surface area contributed by atoms with Crippen LogP contribution in [0.1, 0.15) is 33.3 Å². The van der Waals surface area contributed by atoms with Crippen LogP contribution >= 0.6 is 23.2 Å². The number of rotatable bonds is 4. The Labute approximate surface area is 211 Å². The molecule has 2 aliphatic rings. The molecule has 35 heavy (non-hydrogen) atoms. The highest BCUT2D eigenvalue weighted by atomic mass is 35.5. The van der Waals surface area contributed by atoms with Gasteiger partial charge in [-0.25, -0.2) is 4.79 Å². The molecule has 4 rings (SSSR count). The Balaban J connectivity index is 2.30. The normalized spacial score (nSPS) is 12.2. The Morgan fingerprint density at radius 3 is 2.29 bits per heavy atom. The fraction of sp³-hybridized carbons (Fsp3) is 0.231. The Bertz CT molecular complexity index is 1540. The van der Waals surface area contributed by atoms with Crippen molar-refractivity contribution in [3.05, 3.63) is 68.0 Å². The number of fused-ring (bicyclic) bond motifs is 2. The van der Waals surface area contributed by atoms with Crippen molar-refractivity contribution in [2.45, 2.75) is 20.1 Å². The minimum atomic E-state index is -1.99. The molecular formula is C26H24Cl2N2O5. The van der Waals surface area contributed by atoms with E-state index in [1.165, 1.54) is 6.07 Å². The molecule has 2 aromatic rings. The van der Waals surface area contributed by atoms with Gasteiger partial charge < -0.3 is 24.6 Å². The maximum absolute atomic E-state index is 12.4. The van der Waals surface area contributed by atoms with E-state index in [-0.39, 0.29) is 26.7 Å². The van der Waals surface area contributed by atoms with Gasteiger partial charge in [0, 0.05) is 71.6 Å². The van der Waals surface area contributed by atoms with E-state index in [0.29, 0.717) is 27.9 Å². The molecule has 0 saturated heterocycles. The van der Waals surface area contributed by atoms with Crippen LogP contribution in [0.5, 0.6) is 0 Å². The minimum absolute atomic E-state index is 0.0138. The molecular weight excluding hydrogens is 491 g/mol. The summed E-state index contributed by atoms with van der Waals surface area (Å²) in [7, 11) is 5.53. The SMILES string of the molecule is CN=c1cc2oc3cc(N(C)C)c(C)cc3c(-c3c(Cl)cc(C(O)O)c(Cl)c3C(=O)O)c-2cc1C. The first kappa shape index (κ1) is 25.0. The molecule has 0 aromatic heterocycles. The highest BCUT2D eigenvalue weighted by Gasteiger charge is 2.29. The molecule has 1 aliphatic heterocycles. The number of aliphatic hydroxyl groups is 2. The van der Waals surface area contributed by atoms with E-state index in [9.17, 15) is 20.1 Å². The van der Waals surface area contributed by atoms with Crippen molar-refractivity contribution in [3.8, 4) is 22.5 Å².